The molecule has 134 valence electrons. The highest BCUT2D eigenvalue weighted by Gasteiger charge is 2.18. The Kier molecular flexibility index (Phi) is 5.32. The van der Waals surface area contributed by atoms with Crippen molar-refractivity contribution in [3.05, 3.63) is 40.7 Å². The summed E-state index contributed by atoms with van der Waals surface area (Å²) in [7, 11) is 0. The van der Waals surface area contributed by atoms with Gasteiger partial charge in [0.15, 0.2) is 5.82 Å². The maximum Gasteiger partial charge on any atom is 0.242 e. The van der Waals surface area contributed by atoms with Crippen molar-refractivity contribution < 1.29 is 13.6 Å². The number of amides is 1. The van der Waals surface area contributed by atoms with Gasteiger partial charge in [-0.15, -0.1) is 5.10 Å². The molecule has 1 aliphatic heterocycles. The number of likely N-dealkylation sites (tertiary alicyclic amines) is 1. The average molecular weight is 350 g/mol. The van der Waals surface area contributed by atoms with E-state index in [9.17, 15) is 13.6 Å². The van der Waals surface area contributed by atoms with Crippen molar-refractivity contribution in [1.29, 1.82) is 0 Å². The number of benzene rings is 1. The van der Waals surface area contributed by atoms with Gasteiger partial charge in [0.05, 0.1) is 6.54 Å². The Morgan fingerprint density at radius 3 is 2.80 bits per heavy atom. The Morgan fingerprint density at radius 1 is 1.28 bits per heavy atom. The first-order chi connectivity index (χ1) is 12.0. The van der Waals surface area contributed by atoms with Gasteiger partial charge in [0.2, 0.25) is 5.91 Å². The second kappa shape index (κ2) is 7.64. The number of halogens is 2. The summed E-state index contributed by atoms with van der Waals surface area (Å²) in [6, 6.07) is 2.55. The van der Waals surface area contributed by atoms with Crippen LogP contribution in [0.25, 0.3) is 0 Å². The third-order valence-electron chi connectivity index (χ3n) is 4.30. The summed E-state index contributed by atoms with van der Waals surface area (Å²) in [6.07, 6.45) is 2.30. The molecule has 2 aromatic rings. The molecule has 7 nitrogen and oxygen atoms in total. The molecule has 2 heterocycles. The first-order valence-electron chi connectivity index (χ1n) is 8.22. The summed E-state index contributed by atoms with van der Waals surface area (Å²) in [4.78, 5) is 14.3. The Hall–Kier alpha value is -2.42. The zero-order valence-corrected chi connectivity index (χ0v) is 14.0. The lowest BCUT2D eigenvalue weighted by Crippen LogP contribution is -2.30. The normalized spacial score (nSPS) is 14.8. The molecule has 0 bridgehead atoms. The monoisotopic (exact) mass is 350 g/mol. The Balaban J connectivity index is 1.58. The second-order valence-electron chi connectivity index (χ2n) is 6.17. The lowest BCUT2D eigenvalue weighted by molar-refractivity contribution is -0.122. The molecule has 1 saturated heterocycles. The predicted molar refractivity (Wildman–Crippen MR) is 85.3 cm³/mol. The first-order valence-corrected chi connectivity index (χ1v) is 8.22. The molecule has 1 aromatic heterocycles. The topological polar surface area (TPSA) is 75.9 Å². The van der Waals surface area contributed by atoms with Gasteiger partial charge in [-0.3, -0.25) is 9.69 Å². The van der Waals surface area contributed by atoms with Crippen molar-refractivity contribution in [2.75, 3.05) is 13.1 Å². The molecule has 0 unspecified atom stereocenters. The zero-order chi connectivity index (χ0) is 17.8. The molecule has 0 spiro atoms. The molecule has 25 heavy (non-hydrogen) atoms. The molecule has 1 fully saturated rings. The van der Waals surface area contributed by atoms with Gasteiger partial charge in [-0.1, -0.05) is 6.07 Å². The Labute approximate surface area is 144 Å². The maximum absolute atomic E-state index is 13.9. The van der Waals surface area contributed by atoms with Gasteiger partial charge in [-0.25, -0.2) is 13.5 Å². The molecule has 9 heteroatoms. The number of hydrogen-bond donors (Lipinski definition) is 1. The smallest absolute Gasteiger partial charge is 0.242 e. The first kappa shape index (κ1) is 17.4. The summed E-state index contributed by atoms with van der Waals surface area (Å²) in [6.45, 7) is 3.80. The summed E-state index contributed by atoms with van der Waals surface area (Å²) < 4.78 is 29.1. The van der Waals surface area contributed by atoms with Crippen molar-refractivity contribution in [2.45, 2.75) is 39.4 Å². The molecular weight excluding hydrogens is 330 g/mol. The third-order valence-corrected chi connectivity index (χ3v) is 4.30. The van der Waals surface area contributed by atoms with Gasteiger partial charge in [0.25, 0.3) is 0 Å². The van der Waals surface area contributed by atoms with E-state index in [-0.39, 0.29) is 18.7 Å². The number of nitrogens with zero attached hydrogens (tertiary/aromatic N) is 5. The molecular formula is C16H20F2N6O. The molecule has 3 rings (SSSR count). The van der Waals surface area contributed by atoms with E-state index in [0.29, 0.717) is 17.9 Å². The van der Waals surface area contributed by atoms with Gasteiger partial charge < -0.3 is 5.32 Å². The van der Waals surface area contributed by atoms with Gasteiger partial charge in [-0.2, -0.15) is 0 Å². The lowest BCUT2D eigenvalue weighted by Gasteiger charge is -2.14. The highest BCUT2D eigenvalue weighted by Crippen LogP contribution is 2.16. The van der Waals surface area contributed by atoms with Crippen LogP contribution in [-0.2, 0) is 24.4 Å². The molecule has 0 aliphatic carbocycles. The van der Waals surface area contributed by atoms with Gasteiger partial charge in [0, 0.05) is 12.1 Å². The number of hydrogen-bond acceptors (Lipinski definition) is 5. The number of tetrazole rings is 1. The molecule has 1 N–H and O–H groups in total. The summed E-state index contributed by atoms with van der Waals surface area (Å²) in [5.41, 5.74) is 0.182. The van der Waals surface area contributed by atoms with E-state index in [1.54, 1.807) is 6.92 Å². The fourth-order valence-corrected chi connectivity index (χ4v) is 2.86. The molecule has 0 saturated carbocycles. The van der Waals surface area contributed by atoms with Crippen LogP contribution in [0.2, 0.25) is 0 Å². The zero-order valence-electron chi connectivity index (χ0n) is 14.0. The number of nitrogens with one attached hydrogen (secondary N) is 1. The van der Waals surface area contributed by atoms with Crippen LogP contribution >= 0.6 is 0 Å². The molecule has 1 amide bonds. The second-order valence-corrected chi connectivity index (χ2v) is 6.17. The highest BCUT2D eigenvalue weighted by atomic mass is 19.1. The largest absolute Gasteiger partial charge is 0.350 e. The minimum absolute atomic E-state index is 0.0920. The van der Waals surface area contributed by atoms with Crippen LogP contribution in [0, 0.1) is 18.6 Å². The summed E-state index contributed by atoms with van der Waals surface area (Å²) >= 11 is 0. The molecule has 1 aliphatic rings. The van der Waals surface area contributed by atoms with Gasteiger partial charge in [-0.05, 0) is 54.9 Å². The standard InChI is InChI=1S/C16H20F2N6O/c1-11-4-5-13(17)12(16(11)18)8-19-15(25)10-24-14(20-21-22-24)9-23-6-2-3-7-23/h4-5H,2-3,6-10H2,1H3,(H,19,25). The van der Waals surface area contributed by atoms with Crippen molar-refractivity contribution in [3.8, 4) is 0 Å². The third kappa shape index (κ3) is 4.16. The average Bonchev–Trinajstić information content (AvgIpc) is 3.24. The van der Waals surface area contributed by atoms with Crippen LogP contribution in [-0.4, -0.2) is 44.1 Å². The molecule has 0 radical (unpaired) electrons. The fraction of sp³-hybridized carbons (Fsp3) is 0.500. The van der Waals surface area contributed by atoms with Crippen LogP contribution in [0.1, 0.15) is 29.8 Å². The predicted octanol–water partition coefficient (Wildman–Crippen LogP) is 1.17. The Bertz CT molecular complexity index is 757. The van der Waals surface area contributed by atoms with E-state index in [1.165, 1.54) is 16.8 Å². The van der Waals surface area contributed by atoms with Crippen LogP contribution in [0.3, 0.4) is 0 Å². The summed E-state index contributed by atoms with van der Waals surface area (Å²) in [5.74, 6) is -1.13. The quantitative estimate of drug-likeness (QED) is 0.846. The van der Waals surface area contributed by atoms with Crippen LogP contribution < -0.4 is 5.32 Å². The number of rotatable bonds is 6. The van der Waals surface area contributed by atoms with E-state index in [1.807, 2.05) is 0 Å². The number of aromatic nitrogens is 4. The maximum atomic E-state index is 13.9. The summed E-state index contributed by atoms with van der Waals surface area (Å²) in [5, 5.41) is 13.9. The van der Waals surface area contributed by atoms with Crippen molar-refractivity contribution >= 4 is 5.91 Å². The van der Waals surface area contributed by atoms with E-state index >= 15 is 0 Å². The van der Waals surface area contributed by atoms with Crippen molar-refractivity contribution in [1.82, 2.24) is 30.4 Å². The molecule has 1 aromatic carbocycles. The minimum atomic E-state index is -0.680. The number of aryl methyl sites for hydroxylation is 1. The van der Waals surface area contributed by atoms with E-state index in [0.717, 1.165) is 25.9 Å². The molecule has 0 atom stereocenters. The SMILES string of the molecule is Cc1ccc(F)c(CNC(=O)Cn2nnnc2CN2CCCC2)c1F. The van der Waals surface area contributed by atoms with Crippen molar-refractivity contribution in [3.63, 3.8) is 0 Å². The highest BCUT2D eigenvalue weighted by molar-refractivity contribution is 5.75. The van der Waals surface area contributed by atoms with E-state index in [4.69, 9.17) is 0 Å². The van der Waals surface area contributed by atoms with Crippen LogP contribution in [0.5, 0.6) is 0 Å². The van der Waals surface area contributed by atoms with Crippen LogP contribution in [0.4, 0.5) is 8.78 Å². The fourth-order valence-electron chi connectivity index (χ4n) is 2.86. The minimum Gasteiger partial charge on any atom is -0.350 e. The number of carbonyl (C=O) groups is 1. The Morgan fingerprint density at radius 2 is 2.04 bits per heavy atom. The lowest BCUT2D eigenvalue weighted by atomic mass is 10.1. The van der Waals surface area contributed by atoms with E-state index < -0.39 is 17.5 Å². The van der Waals surface area contributed by atoms with Gasteiger partial charge >= 0.3 is 0 Å². The van der Waals surface area contributed by atoms with E-state index in [2.05, 4.69) is 25.7 Å². The number of carbonyl (C=O) groups excluding carboxylic acids is 1. The van der Waals surface area contributed by atoms with Crippen LogP contribution in [0.15, 0.2) is 12.1 Å². The van der Waals surface area contributed by atoms with Crippen molar-refractivity contribution in [2.24, 2.45) is 0 Å². The van der Waals surface area contributed by atoms with Gasteiger partial charge in [0.1, 0.15) is 18.2 Å².